The molecule has 1 N–H and O–H groups in total. The second kappa shape index (κ2) is 3.79. The molecule has 4 heteroatoms. The zero-order chi connectivity index (χ0) is 11.0. The number of carbonyl (C=O) groups is 1. The molecule has 0 fully saturated rings. The molecular formula is C11H11NOS2. The van der Waals surface area contributed by atoms with Gasteiger partial charge in [-0.15, -0.1) is 22.7 Å². The quantitative estimate of drug-likeness (QED) is 0.793. The van der Waals surface area contributed by atoms with Crippen LogP contribution in [0.5, 0.6) is 0 Å². The van der Waals surface area contributed by atoms with Crippen LogP contribution in [0, 0.1) is 13.8 Å². The molecule has 2 rings (SSSR count). The SMILES string of the molecule is C=CC(=O)Nc1sc2scc(C)c2c1C. The molecule has 0 atom stereocenters. The third-order valence-electron chi connectivity index (χ3n) is 2.27. The predicted octanol–water partition coefficient (Wildman–Crippen LogP) is 3.70. The first-order chi connectivity index (χ1) is 7.13. The van der Waals surface area contributed by atoms with Crippen LogP contribution in [0.2, 0.25) is 0 Å². The van der Waals surface area contributed by atoms with Crippen LogP contribution in [0.1, 0.15) is 11.1 Å². The molecule has 0 aliphatic carbocycles. The van der Waals surface area contributed by atoms with E-state index >= 15 is 0 Å². The van der Waals surface area contributed by atoms with Crippen LogP contribution in [0.4, 0.5) is 5.00 Å². The number of hydrogen-bond donors (Lipinski definition) is 1. The Labute approximate surface area is 96.2 Å². The van der Waals surface area contributed by atoms with Crippen molar-refractivity contribution in [1.29, 1.82) is 0 Å². The summed E-state index contributed by atoms with van der Waals surface area (Å²) in [4.78, 5) is 11.2. The first-order valence-corrected chi connectivity index (χ1v) is 6.23. The first-order valence-electron chi connectivity index (χ1n) is 4.54. The Kier molecular flexibility index (Phi) is 2.63. The molecular weight excluding hydrogens is 226 g/mol. The number of anilines is 1. The minimum Gasteiger partial charge on any atom is -0.314 e. The number of rotatable bonds is 2. The smallest absolute Gasteiger partial charge is 0.248 e. The summed E-state index contributed by atoms with van der Waals surface area (Å²) in [7, 11) is 0. The molecule has 2 aromatic heterocycles. The highest BCUT2D eigenvalue weighted by atomic mass is 32.2. The van der Waals surface area contributed by atoms with E-state index < -0.39 is 0 Å². The van der Waals surface area contributed by atoms with Crippen molar-refractivity contribution in [2.45, 2.75) is 13.8 Å². The highest BCUT2D eigenvalue weighted by molar-refractivity contribution is 7.39. The van der Waals surface area contributed by atoms with Crippen LogP contribution in [-0.4, -0.2) is 5.91 Å². The summed E-state index contributed by atoms with van der Waals surface area (Å²) in [6, 6.07) is 0. The molecule has 1 amide bonds. The standard InChI is InChI=1S/C11H11NOS2/c1-4-8(13)12-10-7(3)9-6(2)5-14-11(9)15-10/h4-5H,1H2,2-3H3,(H,12,13). The molecule has 0 spiro atoms. The van der Waals surface area contributed by atoms with Gasteiger partial charge in [0.25, 0.3) is 0 Å². The van der Waals surface area contributed by atoms with Crippen molar-refractivity contribution in [3.05, 3.63) is 29.2 Å². The van der Waals surface area contributed by atoms with Crippen LogP contribution in [0.15, 0.2) is 18.0 Å². The number of thiophene rings is 2. The Morgan fingerprint density at radius 1 is 1.53 bits per heavy atom. The van der Waals surface area contributed by atoms with Crippen molar-refractivity contribution in [3.63, 3.8) is 0 Å². The molecule has 0 aromatic carbocycles. The lowest BCUT2D eigenvalue weighted by molar-refractivity contribution is -0.111. The molecule has 2 aromatic rings. The van der Waals surface area contributed by atoms with E-state index in [-0.39, 0.29) is 5.91 Å². The fourth-order valence-electron chi connectivity index (χ4n) is 1.51. The number of amides is 1. The highest BCUT2D eigenvalue weighted by Crippen LogP contribution is 2.40. The molecule has 78 valence electrons. The Morgan fingerprint density at radius 3 is 2.87 bits per heavy atom. The Hall–Kier alpha value is -1.13. The van der Waals surface area contributed by atoms with E-state index in [1.54, 1.807) is 22.7 Å². The van der Waals surface area contributed by atoms with Gasteiger partial charge in [0.15, 0.2) is 0 Å². The molecule has 0 radical (unpaired) electrons. The molecule has 2 nitrogen and oxygen atoms in total. The van der Waals surface area contributed by atoms with Crippen molar-refractivity contribution < 1.29 is 4.79 Å². The maximum atomic E-state index is 11.2. The monoisotopic (exact) mass is 237 g/mol. The lowest BCUT2D eigenvalue weighted by Crippen LogP contribution is -2.06. The molecule has 0 saturated carbocycles. The van der Waals surface area contributed by atoms with E-state index in [0.717, 1.165) is 10.6 Å². The zero-order valence-electron chi connectivity index (χ0n) is 8.59. The number of carbonyl (C=O) groups excluding carboxylic acids is 1. The molecule has 0 unspecified atom stereocenters. The van der Waals surface area contributed by atoms with Crippen molar-refractivity contribution in [1.82, 2.24) is 0 Å². The summed E-state index contributed by atoms with van der Waals surface area (Å²) in [6.45, 7) is 7.57. The fourth-order valence-corrected chi connectivity index (χ4v) is 3.94. The van der Waals surface area contributed by atoms with Crippen LogP contribution in [-0.2, 0) is 4.79 Å². The van der Waals surface area contributed by atoms with Gasteiger partial charge in [-0.3, -0.25) is 4.79 Å². The van der Waals surface area contributed by atoms with E-state index in [0.29, 0.717) is 0 Å². The third kappa shape index (κ3) is 1.70. The van der Waals surface area contributed by atoms with Crippen molar-refractivity contribution in [2.24, 2.45) is 0 Å². The summed E-state index contributed by atoms with van der Waals surface area (Å²) < 4.78 is 1.27. The van der Waals surface area contributed by atoms with E-state index in [1.165, 1.54) is 21.0 Å². The molecule has 15 heavy (non-hydrogen) atoms. The van der Waals surface area contributed by atoms with Crippen LogP contribution in [0.3, 0.4) is 0 Å². The van der Waals surface area contributed by atoms with Crippen molar-refractivity contribution in [3.8, 4) is 0 Å². The topological polar surface area (TPSA) is 29.1 Å². The van der Waals surface area contributed by atoms with Gasteiger partial charge >= 0.3 is 0 Å². The normalized spacial score (nSPS) is 10.5. The summed E-state index contributed by atoms with van der Waals surface area (Å²) in [5.41, 5.74) is 2.44. The first kappa shape index (κ1) is 10.4. The average molecular weight is 237 g/mol. The Morgan fingerprint density at radius 2 is 2.27 bits per heavy atom. The van der Waals surface area contributed by atoms with E-state index in [4.69, 9.17) is 0 Å². The molecule has 0 aliphatic rings. The second-order valence-corrected chi connectivity index (χ2v) is 5.49. The minimum absolute atomic E-state index is 0.148. The molecule has 0 bridgehead atoms. The predicted molar refractivity (Wildman–Crippen MR) is 68.0 cm³/mol. The van der Waals surface area contributed by atoms with Crippen LogP contribution < -0.4 is 5.32 Å². The third-order valence-corrected chi connectivity index (χ3v) is 4.70. The largest absolute Gasteiger partial charge is 0.314 e. The summed E-state index contributed by atoms with van der Waals surface area (Å²) in [5.74, 6) is -0.148. The molecule has 0 saturated heterocycles. The van der Waals surface area contributed by atoms with E-state index in [1.807, 2.05) is 6.92 Å². The van der Waals surface area contributed by atoms with E-state index in [2.05, 4.69) is 24.2 Å². The lowest BCUT2D eigenvalue weighted by atomic mass is 10.2. The van der Waals surface area contributed by atoms with Crippen molar-refractivity contribution >= 4 is 43.0 Å². The van der Waals surface area contributed by atoms with Gasteiger partial charge in [0, 0.05) is 5.39 Å². The van der Waals surface area contributed by atoms with Gasteiger partial charge < -0.3 is 5.32 Å². The molecule has 0 aliphatic heterocycles. The number of nitrogens with one attached hydrogen (secondary N) is 1. The van der Waals surface area contributed by atoms with E-state index in [9.17, 15) is 4.79 Å². The van der Waals surface area contributed by atoms with Gasteiger partial charge in [-0.05, 0) is 36.4 Å². The van der Waals surface area contributed by atoms with Gasteiger partial charge in [-0.1, -0.05) is 6.58 Å². The maximum Gasteiger partial charge on any atom is 0.248 e. The molecule has 2 heterocycles. The van der Waals surface area contributed by atoms with Crippen LogP contribution >= 0.6 is 22.7 Å². The number of fused-ring (bicyclic) bond motifs is 1. The Bertz CT molecular complexity index is 536. The number of hydrogen-bond acceptors (Lipinski definition) is 3. The van der Waals surface area contributed by atoms with Crippen LogP contribution in [0.25, 0.3) is 9.40 Å². The Balaban J connectivity index is 2.49. The van der Waals surface area contributed by atoms with Gasteiger partial charge in [0.1, 0.15) is 5.00 Å². The maximum absolute atomic E-state index is 11.2. The second-order valence-electron chi connectivity index (χ2n) is 3.33. The van der Waals surface area contributed by atoms with Gasteiger partial charge in [-0.2, -0.15) is 0 Å². The van der Waals surface area contributed by atoms with Gasteiger partial charge in [0.05, 0.1) is 4.01 Å². The number of aryl methyl sites for hydroxylation is 2. The minimum atomic E-state index is -0.148. The summed E-state index contributed by atoms with van der Waals surface area (Å²) in [6.07, 6.45) is 1.29. The zero-order valence-corrected chi connectivity index (χ0v) is 10.2. The summed E-state index contributed by atoms with van der Waals surface area (Å²) in [5, 5.41) is 7.19. The highest BCUT2D eigenvalue weighted by Gasteiger charge is 2.12. The van der Waals surface area contributed by atoms with Gasteiger partial charge in [0.2, 0.25) is 5.91 Å². The van der Waals surface area contributed by atoms with Gasteiger partial charge in [-0.25, -0.2) is 0 Å². The fraction of sp³-hybridized carbons (Fsp3) is 0.182. The lowest BCUT2D eigenvalue weighted by Gasteiger charge is -1.99. The van der Waals surface area contributed by atoms with Crippen molar-refractivity contribution in [2.75, 3.05) is 5.32 Å². The summed E-state index contributed by atoms with van der Waals surface area (Å²) >= 11 is 3.35. The average Bonchev–Trinajstić information content (AvgIpc) is 2.71.